The van der Waals surface area contributed by atoms with E-state index in [2.05, 4.69) is 15.3 Å². The number of carbonyl (C=O) groups excluding carboxylic acids is 1. The lowest BCUT2D eigenvalue weighted by Gasteiger charge is -2.17. The number of halogens is 1. The van der Waals surface area contributed by atoms with Gasteiger partial charge in [0.25, 0.3) is 0 Å². The van der Waals surface area contributed by atoms with Crippen LogP contribution in [0, 0.1) is 17.7 Å². The summed E-state index contributed by atoms with van der Waals surface area (Å²) in [7, 11) is 0. The zero-order chi connectivity index (χ0) is 18.8. The van der Waals surface area contributed by atoms with Crippen LogP contribution in [0.25, 0.3) is 11.0 Å². The van der Waals surface area contributed by atoms with E-state index in [0.717, 1.165) is 36.0 Å². The van der Waals surface area contributed by atoms with Gasteiger partial charge in [-0.2, -0.15) is 0 Å². The molecule has 3 aromatic rings. The summed E-state index contributed by atoms with van der Waals surface area (Å²) in [6, 6.07) is 12.3. The van der Waals surface area contributed by atoms with Gasteiger partial charge in [-0.25, -0.2) is 9.37 Å². The fourth-order valence-electron chi connectivity index (χ4n) is 3.95. The van der Waals surface area contributed by atoms with Crippen molar-refractivity contribution in [1.82, 2.24) is 9.97 Å². The van der Waals surface area contributed by atoms with E-state index in [4.69, 9.17) is 5.73 Å². The summed E-state index contributed by atoms with van der Waals surface area (Å²) in [6.45, 7) is 0.553. The molecule has 6 heteroatoms. The smallest absolute Gasteiger partial charge is 0.227 e. The molecule has 0 spiro atoms. The number of benzene rings is 2. The number of H-pyrrole nitrogens is 1. The number of aromatic amines is 1. The van der Waals surface area contributed by atoms with Gasteiger partial charge < -0.3 is 16.0 Å². The second-order valence-electron chi connectivity index (χ2n) is 7.21. The van der Waals surface area contributed by atoms with Crippen LogP contribution < -0.4 is 11.1 Å². The molecule has 1 aliphatic rings. The number of rotatable bonds is 5. The molecule has 0 saturated heterocycles. The number of hydrogen-bond donors (Lipinski definition) is 3. The van der Waals surface area contributed by atoms with Crippen molar-refractivity contribution in [2.75, 3.05) is 11.9 Å². The summed E-state index contributed by atoms with van der Waals surface area (Å²) in [5, 5.41) is 3.01. The van der Waals surface area contributed by atoms with Crippen molar-refractivity contribution in [2.24, 2.45) is 17.6 Å². The zero-order valence-corrected chi connectivity index (χ0v) is 15.0. The first-order chi connectivity index (χ1) is 13.1. The normalized spacial score (nSPS) is 19.5. The van der Waals surface area contributed by atoms with E-state index in [9.17, 15) is 9.18 Å². The molecule has 5 nitrogen and oxygen atoms in total. The average molecular weight is 366 g/mol. The maximum Gasteiger partial charge on any atom is 0.227 e. The molecule has 0 bridgehead atoms. The van der Waals surface area contributed by atoms with Crippen molar-refractivity contribution >= 4 is 22.6 Å². The van der Waals surface area contributed by atoms with Gasteiger partial charge in [0.05, 0.1) is 11.0 Å². The van der Waals surface area contributed by atoms with Crippen LogP contribution in [0.15, 0.2) is 42.5 Å². The third-order valence-corrected chi connectivity index (χ3v) is 5.41. The van der Waals surface area contributed by atoms with E-state index in [1.165, 1.54) is 6.07 Å². The lowest BCUT2D eigenvalue weighted by molar-refractivity contribution is -0.120. The van der Waals surface area contributed by atoms with Crippen molar-refractivity contribution in [3.8, 4) is 0 Å². The molecular formula is C21H23FN4O. The molecule has 4 N–H and O–H groups in total. The third kappa shape index (κ3) is 3.71. The number of anilines is 1. The van der Waals surface area contributed by atoms with Crippen LogP contribution in [-0.2, 0) is 11.2 Å². The molecule has 4 rings (SSSR count). The third-order valence-electron chi connectivity index (χ3n) is 5.41. The predicted molar refractivity (Wildman–Crippen MR) is 104 cm³/mol. The number of amides is 1. The Hall–Kier alpha value is -2.73. The molecule has 0 unspecified atom stereocenters. The molecule has 2 atom stereocenters. The SMILES string of the molecule is NC[C@H]1CCC[C@H]1C(=O)Nc1ccc2nc(Cc3ccccc3F)[nH]c2c1. The highest BCUT2D eigenvalue weighted by Crippen LogP contribution is 2.32. The second-order valence-corrected chi connectivity index (χ2v) is 7.21. The molecular weight excluding hydrogens is 343 g/mol. The van der Waals surface area contributed by atoms with Crippen LogP contribution in [-0.4, -0.2) is 22.4 Å². The number of nitrogens with zero attached hydrogens (tertiary/aromatic N) is 1. The fraction of sp³-hybridized carbons (Fsp3) is 0.333. The number of fused-ring (bicyclic) bond motifs is 1. The molecule has 140 valence electrons. The fourth-order valence-corrected chi connectivity index (χ4v) is 3.95. The largest absolute Gasteiger partial charge is 0.342 e. The van der Waals surface area contributed by atoms with Crippen molar-refractivity contribution in [2.45, 2.75) is 25.7 Å². The van der Waals surface area contributed by atoms with Gasteiger partial charge >= 0.3 is 0 Å². The lowest BCUT2D eigenvalue weighted by atomic mass is 9.95. The van der Waals surface area contributed by atoms with Gasteiger partial charge in [0.2, 0.25) is 5.91 Å². The maximum atomic E-state index is 13.8. The van der Waals surface area contributed by atoms with Crippen molar-refractivity contribution in [1.29, 1.82) is 0 Å². The monoisotopic (exact) mass is 366 g/mol. The minimum atomic E-state index is -0.239. The summed E-state index contributed by atoms with van der Waals surface area (Å²) in [5.74, 6) is 0.750. The van der Waals surface area contributed by atoms with Crippen LogP contribution in [0.5, 0.6) is 0 Å². The minimum Gasteiger partial charge on any atom is -0.342 e. The van der Waals surface area contributed by atoms with Crippen molar-refractivity contribution < 1.29 is 9.18 Å². The number of aromatic nitrogens is 2. The lowest BCUT2D eigenvalue weighted by Crippen LogP contribution is -2.29. The Balaban J connectivity index is 1.51. The maximum absolute atomic E-state index is 13.8. The van der Waals surface area contributed by atoms with E-state index in [1.54, 1.807) is 12.1 Å². The van der Waals surface area contributed by atoms with Gasteiger partial charge in [-0.05, 0) is 55.1 Å². The van der Waals surface area contributed by atoms with E-state index in [-0.39, 0.29) is 23.6 Å². The number of nitrogens with one attached hydrogen (secondary N) is 2. The van der Waals surface area contributed by atoms with Crippen molar-refractivity contribution in [3.63, 3.8) is 0 Å². The van der Waals surface area contributed by atoms with Gasteiger partial charge in [-0.3, -0.25) is 4.79 Å². The number of imidazole rings is 1. The standard InChI is InChI=1S/C21H23FN4O/c22-17-7-2-1-4-13(17)10-20-25-18-9-8-15(11-19(18)26-20)24-21(27)16-6-3-5-14(16)12-23/h1-2,4,7-9,11,14,16H,3,5-6,10,12,23H2,(H,24,27)(H,25,26)/t14-,16-/m1/s1. The number of carbonyl (C=O) groups is 1. The first kappa shape index (κ1) is 17.7. The molecule has 1 heterocycles. The summed E-state index contributed by atoms with van der Waals surface area (Å²) in [4.78, 5) is 20.3. The Labute approximate surface area is 157 Å². The van der Waals surface area contributed by atoms with Gasteiger partial charge in [0.15, 0.2) is 0 Å². The van der Waals surface area contributed by atoms with Gasteiger partial charge in [-0.15, -0.1) is 0 Å². The summed E-state index contributed by atoms with van der Waals surface area (Å²) in [6.07, 6.45) is 3.36. The summed E-state index contributed by atoms with van der Waals surface area (Å²) in [5.41, 5.74) is 8.73. The Bertz CT molecular complexity index is 968. The van der Waals surface area contributed by atoms with Crippen molar-refractivity contribution in [3.05, 3.63) is 59.7 Å². The number of nitrogens with two attached hydrogens (primary N) is 1. The average Bonchev–Trinajstić information content (AvgIpc) is 3.29. The highest BCUT2D eigenvalue weighted by molar-refractivity contribution is 5.94. The Morgan fingerprint density at radius 1 is 1.26 bits per heavy atom. The Morgan fingerprint density at radius 3 is 2.93 bits per heavy atom. The van der Waals surface area contributed by atoms with Gasteiger partial charge in [0.1, 0.15) is 11.6 Å². The first-order valence-corrected chi connectivity index (χ1v) is 9.37. The van der Waals surface area contributed by atoms with Crippen LogP contribution in [0.3, 0.4) is 0 Å². The second kappa shape index (κ2) is 7.48. The van der Waals surface area contributed by atoms with E-state index >= 15 is 0 Å². The molecule has 1 aromatic heterocycles. The van der Waals surface area contributed by atoms with Crippen LogP contribution in [0.1, 0.15) is 30.7 Å². The molecule has 1 amide bonds. The van der Waals surface area contributed by atoms with Crippen LogP contribution in [0.2, 0.25) is 0 Å². The van der Waals surface area contributed by atoms with Gasteiger partial charge in [0, 0.05) is 18.0 Å². The Morgan fingerprint density at radius 2 is 2.11 bits per heavy atom. The molecule has 0 radical (unpaired) electrons. The van der Waals surface area contributed by atoms with Crippen LogP contribution >= 0.6 is 0 Å². The van der Waals surface area contributed by atoms with E-state index < -0.39 is 0 Å². The molecule has 1 fully saturated rings. The summed E-state index contributed by atoms with van der Waals surface area (Å²) >= 11 is 0. The van der Waals surface area contributed by atoms with E-state index in [1.807, 2.05) is 24.3 Å². The zero-order valence-electron chi connectivity index (χ0n) is 15.0. The Kier molecular flexibility index (Phi) is 4.90. The topological polar surface area (TPSA) is 83.8 Å². The highest BCUT2D eigenvalue weighted by Gasteiger charge is 2.31. The minimum absolute atomic E-state index is 0.0101. The highest BCUT2D eigenvalue weighted by atomic mass is 19.1. The molecule has 1 saturated carbocycles. The quantitative estimate of drug-likeness (QED) is 0.645. The summed E-state index contributed by atoms with van der Waals surface area (Å²) < 4.78 is 13.8. The molecule has 27 heavy (non-hydrogen) atoms. The van der Waals surface area contributed by atoms with Crippen LogP contribution in [0.4, 0.5) is 10.1 Å². The number of hydrogen-bond acceptors (Lipinski definition) is 3. The van der Waals surface area contributed by atoms with E-state index in [0.29, 0.717) is 24.4 Å². The predicted octanol–water partition coefficient (Wildman–Crippen LogP) is 3.61. The molecule has 0 aliphatic heterocycles. The molecule has 2 aromatic carbocycles. The van der Waals surface area contributed by atoms with Gasteiger partial charge in [-0.1, -0.05) is 24.6 Å². The first-order valence-electron chi connectivity index (χ1n) is 9.37. The molecule has 1 aliphatic carbocycles.